The predicted octanol–water partition coefficient (Wildman–Crippen LogP) is 4.10. The first-order valence-corrected chi connectivity index (χ1v) is 7.72. The van der Waals surface area contributed by atoms with Crippen LogP contribution in [0.2, 0.25) is 0 Å². The van der Waals surface area contributed by atoms with Gasteiger partial charge in [-0.1, -0.05) is 60.7 Å². The first-order valence-electron chi connectivity index (χ1n) is 7.72. The Balaban J connectivity index is 2.13. The number of hydrogen-bond acceptors (Lipinski definition) is 1. The molecule has 0 amide bonds. The summed E-state index contributed by atoms with van der Waals surface area (Å²) in [5, 5.41) is 13.0. The van der Waals surface area contributed by atoms with E-state index in [0.29, 0.717) is 6.54 Å². The highest BCUT2D eigenvalue weighted by Gasteiger charge is 2.45. The Labute approximate surface area is 127 Å². The lowest BCUT2D eigenvalue weighted by Crippen LogP contribution is -2.58. The van der Waals surface area contributed by atoms with Gasteiger partial charge in [-0.2, -0.15) is 0 Å². The Kier molecular flexibility index (Phi) is 3.60. The average molecular weight is 281 g/mol. The molecule has 110 valence electrons. The molecule has 21 heavy (non-hydrogen) atoms. The van der Waals surface area contributed by atoms with E-state index in [4.69, 9.17) is 0 Å². The van der Waals surface area contributed by atoms with Gasteiger partial charge in [0.1, 0.15) is 0 Å². The largest absolute Gasteiger partial charge is 0.633 e. The van der Waals surface area contributed by atoms with Crippen LogP contribution in [0.5, 0.6) is 0 Å². The summed E-state index contributed by atoms with van der Waals surface area (Å²) in [5.74, 6) is 0. The molecule has 2 aromatic rings. The van der Waals surface area contributed by atoms with E-state index >= 15 is 0 Å². The molecule has 0 aliphatic carbocycles. The molecule has 0 aromatic heterocycles. The van der Waals surface area contributed by atoms with Gasteiger partial charge in [-0.15, -0.1) is 0 Å². The molecule has 0 bridgehead atoms. The lowest BCUT2D eigenvalue weighted by Gasteiger charge is -2.55. The second-order valence-corrected chi connectivity index (χ2v) is 6.53. The van der Waals surface area contributed by atoms with E-state index in [1.165, 1.54) is 11.1 Å². The van der Waals surface area contributed by atoms with Crippen molar-refractivity contribution in [3.63, 3.8) is 0 Å². The molecule has 3 rings (SSSR count). The molecule has 1 aliphatic heterocycles. The first kappa shape index (κ1) is 14.3. The van der Waals surface area contributed by atoms with Gasteiger partial charge in [0.05, 0.1) is 25.0 Å². The van der Waals surface area contributed by atoms with Crippen LogP contribution in [0.15, 0.2) is 60.7 Å². The van der Waals surface area contributed by atoms with E-state index in [9.17, 15) is 5.21 Å². The zero-order valence-electron chi connectivity index (χ0n) is 12.8. The maximum absolute atomic E-state index is 13.0. The van der Waals surface area contributed by atoms with E-state index < -0.39 is 0 Å². The van der Waals surface area contributed by atoms with Gasteiger partial charge in [-0.05, 0) is 24.5 Å². The zero-order valence-corrected chi connectivity index (χ0v) is 12.8. The molecule has 2 atom stereocenters. The van der Waals surface area contributed by atoms with Crippen LogP contribution in [0.3, 0.4) is 0 Å². The molecule has 0 unspecified atom stereocenters. The summed E-state index contributed by atoms with van der Waals surface area (Å²) < 4.78 is -0.163. The third-order valence-corrected chi connectivity index (χ3v) is 5.16. The van der Waals surface area contributed by atoms with Gasteiger partial charge >= 0.3 is 0 Å². The van der Waals surface area contributed by atoms with Gasteiger partial charge < -0.3 is 9.85 Å². The van der Waals surface area contributed by atoms with Crippen molar-refractivity contribution in [3.8, 4) is 0 Å². The quantitative estimate of drug-likeness (QED) is 0.600. The van der Waals surface area contributed by atoms with Crippen LogP contribution >= 0.6 is 0 Å². The summed E-state index contributed by atoms with van der Waals surface area (Å²) >= 11 is 0. The Morgan fingerprint density at radius 1 is 0.952 bits per heavy atom. The number of piperidine rings is 1. The van der Waals surface area contributed by atoms with Gasteiger partial charge in [0.15, 0.2) is 0 Å². The minimum absolute atomic E-state index is 0.161. The van der Waals surface area contributed by atoms with Crippen molar-refractivity contribution in [2.45, 2.75) is 31.2 Å². The molecule has 0 saturated carbocycles. The average Bonchev–Trinajstić information content (AvgIpc) is 2.52. The number of likely N-dealkylation sites (tertiary alicyclic amines) is 1. The third kappa shape index (κ3) is 2.50. The zero-order chi connectivity index (χ0) is 14.9. The highest BCUT2D eigenvalue weighted by Crippen LogP contribution is 2.43. The van der Waals surface area contributed by atoms with E-state index in [0.717, 1.165) is 12.8 Å². The molecule has 0 spiro atoms. The Morgan fingerprint density at radius 2 is 1.43 bits per heavy atom. The molecule has 1 saturated heterocycles. The van der Waals surface area contributed by atoms with Crippen LogP contribution in [0.1, 0.15) is 30.9 Å². The third-order valence-electron chi connectivity index (χ3n) is 5.16. The van der Waals surface area contributed by atoms with Crippen molar-refractivity contribution in [3.05, 3.63) is 77.0 Å². The number of rotatable bonds is 2. The van der Waals surface area contributed by atoms with Crippen LogP contribution in [0, 0.1) is 5.21 Å². The number of quaternary nitrogens is 1. The molecule has 0 N–H and O–H groups in total. The summed E-state index contributed by atoms with van der Waals surface area (Å²) in [4.78, 5) is 0. The van der Waals surface area contributed by atoms with E-state index in [2.05, 4.69) is 55.5 Å². The van der Waals surface area contributed by atoms with Crippen molar-refractivity contribution < 1.29 is 4.65 Å². The summed E-state index contributed by atoms with van der Waals surface area (Å²) in [6.07, 6.45) is 2.00. The lowest BCUT2D eigenvalue weighted by molar-refractivity contribution is -0.893. The van der Waals surface area contributed by atoms with Crippen LogP contribution in [-0.4, -0.2) is 24.3 Å². The fourth-order valence-electron chi connectivity index (χ4n) is 3.65. The van der Waals surface area contributed by atoms with Crippen LogP contribution < -0.4 is 0 Å². The van der Waals surface area contributed by atoms with Gasteiger partial charge in [0.25, 0.3) is 0 Å². The summed E-state index contributed by atoms with van der Waals surface area (Å²) in [5.41, 5.74) is 2.37. The van der Waals surface area contributed by atoms with Gasteiger partial charge in [-0.25, -0.2) is 0 Å². The van der Waals surface area contributed by atoms with Gasteiger partial charge in [-0.3, -0.25) is 0 Å². The normalized spacial score (nSPS) is 28.2. The van der Waals surface area contributed by atoms with Crippen molar-refractivity contribution in [1.29, 1.82) is 0 Å². The molecule has 2 nitrogen and oxygen atoms in total. The molecule has 1 fully saturated rings. The SMILES string of the molecule is C[C@@H]1CCC(c2ccccc2)(c2ccccc2)C[N@+]1(C)[O-]. The van der Waals surface area contributed by atoms with Crippen LogP contribution in [0.25, 0.3) is 0 Å². The lowest BCUT2D eigenvalue weighted by atomic mass is 9.68. The second-order valence-electron chi connectivity index (χ2n) is 6.53. The molecule has 0 radical (unpaired) electrons. The number of hydroxylamine groups is 3. The summed E-state index contributed by atoms with van der Waals surface area (Å²) in [6.45, 7) is 2.69. The molecule has 2 heteroatoms. The summed E-state index contributed by atoms with van der Waals surface area (Å²) in [6, 6.07) is 21.2. The molecular weight excluding hydrogens is 258 g/mol. The summed E-state index contributed by atoms with van der Waals surface area (Å²) in [7, 11) is 1.82. The number of nitrogens with zero attached hydrogens (tertiary/aromatic N) is 1. The van der Waals surface area contributed by atoms with E-state index in [1.54, 1.807) is 0 Å². The van der Waals surface area contributed by atoms with Crippen molar-refractivity contribution in [1.82, 2.24) is 0 Å². The van der Waals surface area contributed by atoms with E-state index in [-0.39, 0.29) is 16.1 Å². The number of hydrogen-bond donors (Lipinski definition) is 0. The second kappa shape index (κ2) is 5.28. The molecular formula is C19H23NO. The highest BCUT2D eigenvalue weighted by molar-refractivity contribution is 5.40. The van der Waals surface area contributed by atoms with Crippen molar-refractivity contribution in [2.75, 3.05) is 13.6 Å². The smallest absolute Gasteiger partial charge is 0.0923 e. The van der Waals surface area contributed by atoms with Gasteiger partial charge in [0, 0.05) is 6.42 Å². The minimum atomic E-state index is -0.163. The van der Waals surface area contributed by atoms with Crippen molar-refractivity contribution >= 4 is 0 Å². The fraction of sp³-hybridized carbons (Fsp3) is 0.368. The Bertz CT molecular complexity index is 552. The molecule has 1 aliphatic rings. The monoisotopic (exact) mass is 281 g/mol. The van der Waals surface area contributed by atoms with Crippen molar-refractivity contribution in [2.24, 2.45) is 0 Å². The number of benzene rings is 2. The van der Waals surface area contributed by atoms with Crippen LogP contribution in [-0.2, 0) is 5.41 Å². The van der Waals surface area contributed by atoms with E-state index in [1.807, 2.05) is 19.2 Å². The Morgan fingerprint density at radius 3 is 1.86 bits per heavy atom. The first-order chi connectivity index (χ1) is 10.0. The van der Waals surface area contributed by atoms with Crippen LogP contribution in [0.4, 0.5) is 0 Å². The fourth-order valence-corrected chi connectivity index (χ4v) is 3.65. The topological polar surface area (TPSA) is 23.1 Å². The Hall–Kier alpha value is -1.64. The maximum Gasteiger partial charge on any atom is 0.0923 e. The highest BCUT2D eigenvalue weighted by atomic mass is 16.5. The molecule has 2 aromatic carbocycles. The predicted molar refractivity (Wildman–Crippen MR) is 86.8 cm³/mol. The minimum Gasteiger partial charge on any atom is -0.633 e. The standard InChI is InChI=1S/C19H23NO/c1-16-13-14-19(15-20(16,2)21,17-9-5-3-6-10-17)18-11-7-4-8-12-18/h3-12,16H,13-15H2,1-2H3/t16-,20+/m1/s1. The number of likely N-dealkylation sites (N-methyl/N-ethyl adjacent to an activating group) is 1. The molecule has 1 heterocycles. The van der Waals surface area contributed by atoms with Gasteiger partial charge in [0.2, 0.25) is 0 Å². The maximum atomic E-state index is 13.0.